The van der Waals surface area contributed by atoms with Gasteiger partial charge in [-0.1, -0.05) is 6.58 Å². The molecule has 0 unspecified atom stereocenters. The number of nitrogens with one attached hydrogen (secondary N) is 1. The van der Waals surface area contributed by atoms with Crippen molar-refractivity contribution >= 4 is 11.9 Å². The van der Waals surface area contributed by atoms with Crippen molar-refractivity contribution in [2.75, 3.05) is 20.1 Å². The van der Waals surface area contributed by atoms with E-state index in [0.717, 1.165) is 37.3 Å². The second kappa shape index (κ2) is 8.13. The topological polar surface area (TPSA) is 53.9 Å². The number of allylic oxidation sites excluding steroid dienone is 2. The van der Waals surface area contributed by atoms with Crippen molar-refractivity contribution in [2.24, 2.45) is 4.99 Å². The number of nitrogens with zero attached hydrogens (tertiary/aromatic N) is 2. The number of hydrogen-bond donors (Lipinski definition) is 1. The van der Waals surface area contributed by atoms with Crippen LogP contribution in [0.15, 0.2) is 29.0 Å². The first kappa shape index (κ1) is 19.2. The lowest BCUT2D eigenvalue weighted by Crippen LogP contribution is -2.47. The second-order valence-corrected chi connectivity index (χ2v) is 6.73. The second-order valence-electron chi connectivity index (χ2n) is 6.73. The number of likely N-dealkylation sites (tertiary alicyclic amines) is 1. The van der Waals surface area contributed by atoms with Gasteiger partial charge in [-0.25, -0.2) is 9.18 Å². The standard InChI is InChI=1S/C17H28FN3O2/c1-12(11-13(2)18)15(19-6)21-9-7-14(8-10-21)20-16(22)23-17(3,4)5/h11,14H,2,7-10H2,1,3-6H3,(H,20,22)/b12-11+,19-15?. The van der Waals surface area contributed by atoms with Gasteiger partial charge in [-0.3, -0.25) is 4.99 Å². The number of halogens is 1. The van der Waals surface area contributed by atoms with E-state index < -0.39 is 11.4 Å². The molecule has 1 saturated heterocycles. The summed E-state index contributed by atoms with van der Waals surface area (Å²) in [5.41, 5.74) is 0.252. The first-order valence-electron chi connectivity index (χ1n) is 7.86. The fourth-order valence-electron chi connectivity index (χ4n) is 2.58. The number of piperidine rings is 1. The molecule has 0 atom stereocenters. The van der Waals surface area contributed by atoms with E-state index in [-0.39, 0.29) is 12.1 Å². The number of hydrogen-bond acceptors (Lipinski definition) is 3. The summed E-state index contributed by atoms with van der Waals surface area (Å²) in [6, 6.07) is 0.0830. The van der Waals surface area contributed by atoms with Crippen LogP contribution in [0, 0.1) is 0 Å². The van der Waals surface area contributed by atoms with E-state index in [2.05, 4.69) is 21.8 Å². The molecule has 1 aliphatic rings. The van der Waals surface area contributed by atoms with Crippen LogP contribution < -0.4 is 5.32 Å². The summed E-state index contributed by atoms with van der Waals surface area (Å²) in [7, 11) is 1.69. The molecule has 23 heavy (non-hydrogen) atoms. The van der Waals surface area contributed by atoms with E-state index in [4.69, 9.17) is 4.74 Å². The Morgan fingerprint density at radius 3 is 2.39 bits per heavy atom. The number of alkyl carbamates (subject to hydrolysis) is 1. The average Bonchev–Trinajstić information content (AvgIpc) is 2.38. The SMILES string of the molecule is C=C(F)/C=C(\C)C(=NC)N1CCC(NC(=O)OC(C)(C)C)CC1. The quantitative estimate of drug-likeness (QED) is 0.491. The fourth-order valence-corrected chi connectivity index (χ4v) is 2.58. The average molecular weight is 325 g/mol. The maximum Gasteiger partial charge on any atom is 0.407 e. The van der Waals surface area contributed by atoms with Gasteiger partial charge in [-0.15, -0.1) is 0 Å². The van der Waals surface area contributed by atoms with Gasteiger partial charge in [-0.05, 0) is 52.2 Å². The predicted molar refractivity (Wildman–Crippen MR) is 91.3 cm³/mol. The Kier molecular flexibility index (Phi) is 6.79. The van der Waals surface area contributed by atoms with E-state index in [1.807, 2.05) is 27.7 Å². The van der Waals surface area contributed by atoms with E-state index in [9.17, 15) is 9.18 Å². The molecule has 1 rings (SSSR count). The highest BCUT2D eigenvalue weighted by Gasteiger charge is 2.25. The van der Waals surface area contributed by atoms with Gasteiger partial charge < -0.3 is 15.0 Å². The van der Waals surface area contributed by atoms with Crippen LogP contribution in [0.3, 0.4) is 0 Å². The molecule has 5 nitrogen and oxygen atoms in total. The molecule has 1 fully saturated rings. The zero-order valence-electron chi connectivity index (χ0n) is 14.8. The zero-order valence-corrected chi connectivity index (χ0v) is 14.8. The van der Waals surface area contributed by atoms with Gasteiger partial charge in [-0.2, -0.15) is 0 Å². The number of carbonyl (C=O) groups excluding carboxylic acids is 1. The molecule has 6 heteroatoms. The van der Waals surface area contributed by atoms with Gasteiger partial charge in [0.2, 0.25) is 0 Å². The summed E-state index contributed by atoms with van der Waals surface area (Å²) in [6.45, 7) is 12.1. The van der Waals surface area contributed by atoms with Crippen molar-refractivity contribution in [2.45, 2.75) is 52.2 Å². The third-order valence-electron chi connectivity index (χ3n) is 3.45. The Labute approximate surface area is 138 Å². The van der Waals surface area contributed by atoms with Gasteiger partial charge in [0.25, 0.3) is 0 Å². The predicted octanol–water partition coefficient (Wildman–Crippen LogP) is 3.43. The molecule has 1 N–H and O–H groups in total. The maximum atomic E-state index is 13.0. The van der Waals surface area contributed by atoms with Crippen LogP contribution in [0.1, 0.15) is 40.5 Å². The van der Waals surface area contributed by atoms with Crippen LogP contribution in [-0.4, -0.2) is 48.6 Å². The molecule has 0 bridgehead atoms. The molecule has 0 aromatic carbocycles. The van der Waals surface area contributed by atoms with E-state index in [1.165, 1.54) is 6.08 Å². The normalized spacial score (nSPS) is 17.9. The highest BCUT2D eigenvalue weighted by atomic mass is 19.1. The monoisotopic (exact) mass is 325 g/mol. The fraction of sp³-hybridized carbons (Fsp3) is 0.647. The van der Waals surface area contributed by atoms with Gasteiger partial charge in [0.1, 0.15) is 17.3 Å². The van der Waals surface area contributed by atoms with Crippen LogP contribution in [0.4, 0.5) is 9.18 Å². The van der Waals surface area contributed by atoms with Gasteiger partial charge in [0.15, 0.2) is 0 Å². The number of carbonyl (C=O) groups is 1. The Hall–Kier alpha value is -1.85. The van der Waals surface area contributed by atoms with Crippen LogP contribution in [0.25, 0.3) is 0 Å². The van der Waals surface area contributed by atoms with E-state index >= 15 is 0 Å². The van der Waals surface area contributed by atoms with Crippen molar-refractivity contribution in [3.8, 4) is 0 Å². The Bertz CT molecular complexity index is 498. The summed E-state index contributed by atoms with van der Waals surface area (Å²) in [4.78, 5) is 18.1. The molecule has 1 amide bonds. The Balaban J connectivity index is 2.55. The van der Waals surface area contributed by atoms with Crippen molar-refractivity contribution in [3.05, 3.63) is 24.1 Å². The molecule has 0 spiro atoms. The minimum absolute atomic E-state index is 0.0830. The summed E-state index contributed by atoms with van der Waals surface area (Å²) in [6.07, 6.45) is 2.59. The van der Waals surface area contributed by atoms with Gasteiger partial charge >= 0.3 is 6.09 Å². The number of ether oxygens (including phenoxy) is 1. The summed E-state index contributed by atoms with van der Waals surface area (Å²) in [5, 5.41) is 2.90. The van der Waals surface area contributed by atoms with Crippen molar-refractivity contribution in [1.29, 1.82) is 0 Å². The summed E-state index contributed by atoms with van der Waals surface area (Å²) in [5.74, 6) is 0.282. The van der Waals surface area contributed by atoms with Crippen LogP contribution in [0.2, 0.25) is 0 Å². The van der Waals surface area contributed by atoms with Crippen LogP contribution in [0.5, 0.6) is 0 Å². The van der Waals surface area contributed by atoms with Gasteiger partial charge in [0, 0.05) is 26.2 Å². The van der Waals surface area contributed by atoms with Crippen LogP contribution >= 0.6 is 0 Å². The molecule has 1 heterocycles. The lowest BCUT2D eigenvalue weighted by Gasteiger charge is -2.35. The Morgan fingerprint density at radius 2 is 1.96 bits per heavy atom. The molecule has 1 aliphatic heterocycles. The van der Waals surface area contributed by atoms with E-state index in [0.29, 0.717) is 0 Å². The lowest BCUT2D eigenvalue weighted by atomic mass is 10.0. The minimum Gasteiger partial charge on any atom is -0.444 e. The van der Waals surface area contributed by atoms with Crippen LogP contribution in [-0.2, 0) is 4.74 Å². The number of amidine groups is 1. The molecular formula is C17H28FN3O2. The molecule has 0 aromatic rings. The first-order valence-corrected chi connectivity index (χ1v) is 7.86. The molecule has 0 saturated carbocycles. The highest BCUT2D eigenvalue weighted by molar-refractivity contribution is 5.98. The smallest absolute Gasteiger partial charge is 0.407 e. The van der Waals surface area contributed by atoms with Crippen molar-refractivity contribution < 1.29 is 13.9 Å². The largest absolute Gasteiger partial charge is 0.444 e. The number of rotatable bonds is 3. The van der Waals surface area contributed by atoms with Crippen molar-refractivity contribution in [3.63, 3.8) is 0 Å². The first-order chi connectivity index (χ1) is 10.6. The molecular weight excluding hydrogens is 297 g/mol. The third kappa shape index (κ3) is 6.84. The molecule has 130 valence electrons. The number of amides is 1. The summed E-state index contributed by atoms with van der Waals surface area (Å²) >= 11 is 0. The van der Waals surface area contributed by atoms with E-state index in [1.54, 1.807) is 7.05 Å². The van der Waals surface area contributed by atoms with Crippen molar-refractivity contribution in [1.82, 2.24) is 10.2 Å². The molecule has 0 aromatic heterocycles. The molecule has 0 aliphatic carbocycles. The lowest BCUT2D eigenvalue weighted by molar-refractivity contribution is 0.0488. The summed E-state index contributed by atoms with van der Waals surface area (Å²) < 4.78 is 18.2. The third-order valence-corrected chi connectivity index (χ3v) is 3.45. The number of aliphatic imine (C=N–C) groups is 1. The van der Waals surface area contributed by atoms with Gasteiger partial charge in [0.05, 0.1) is 0 Å². The molecule has 0 radical (unpaired) electrons. The Morgan fingerprint density at radius 1 is 1.39 bits per heavy atom. The zero-order chi connectivity index (χ0) is 17.6. The highest BCUT2D eigenvalue weighted by Crippen LogP contribution is 2.16. The minimum atomic E-state index is -0.497. The maximum absolute atomic E-state index is 13.0.